The molecule has 1 aromatic carbocycles. The van der Waals surface area contributed by atoms with Crippen molar-refractivity contribution in [2.24, 2.45) is 0 Å². The monoisotopic (exact) mass is 168 g/mol. The number of aryl methyl sites for hydroxylation is 1. The molecule has 0 saturated heterocycles. The predicted molar refractivity (Wildman–Crippen MR) is 45.7 cm³/mol. The summed E-state index contributed by atoms with van der Waals surface area (Å²) in [6.07, 6.45) is 0. The number of rotatable bonds is 1. The summed E-state index contributed by atoms with van der Waals surface area (Å²) in [4.78, 5) is 0. The highest BCUT2D eigenvalue weighted by Gasteiger charge is 2.18. The molecule has 12 heavy (non-hydrogen) atoms. The van der Waals surface area contributed by atoms with E-state index in [9.17, 15) is 4.39 Å². The molecule has 4 heteroatoms. The average molecular weight is 168 g/mol. The van der Waals surface area contributed by atoms with Crippen LogP contribution in [0.4, 0.5) is 4.39 Å². The zero-order valence-corrected chi connectivity index (χ0v) is 7.00. The molecule has 0 atom stereocenters. The second-order valence-corrected chi connectivity index (χ2v) is 2.78. The molecular weight excluding hydrogens is 158 g/mol. The van der Waals surface area contributed by atoms with Crippen LogP contribution >= 0.6 is 0 Å². The lowest BCUT2D eigenvalue weighted by Gasteiger charge is -2.08. The highest BCUT2D eigenvalue weighted by atomic mass is 19.1. The Balaban J connectivity index is 3.33. The first-order valence-electron chi connectivity index (χ1n) is 3.65. The van der Waals surface area contributed by atoms with Crippen molar-refractivity contribution >= 4 is 12.6 Å². The molecule has 0 spiro atoms. The Hall–Kier alpha value is -0.865. The Bertz CT molecular complexity index is 299. The van der Waals surface area contributed by atoms with E-state index in [1.807, 2.05) is 0 Å². The zero-order chi connectivity index (χ0) is 9.30. The molecule has 0 aliphatic heterocycles. The van der Waals surface area contributed by atoms with Crippen LogP contribution in [0.1, 0.15) is 11.1 Å². The second kappa shape index (κ2) is 3.25. The Labute approximate surface area is 70.8 Å². The van der Waals surface area contributed by atoms with E-state index in [4.69, 9.17) is 10.0 Å². The van der Waals surface area contributed by atoms with E-state index in [1.165, 1.54) is 19.1 Å². The summed E-state index contributed by atoms with van der Waals surface area (Å²) < 4.78 is 12.9. The van der Waals surface area contributed by atoms with E-state index in [0.29, 0.717) is 11.1 Å². The van der Waals surface area contributed by atoms with Crippen molar-refractivity contribution in [2.75, 3.05) is 0 Å². The van der Waals surface area contributed by atoms with Crippen molar-refractivity contribution in [3.05, 3.63) is 29.1 Å². The first-order valence-corrected chi connectivity index (χ1v) is 3.65. The van der Waals surface area contributed by atoms with Crippen LogP contribution in [-0.2, 0) is 0 Å². The highest BCUT2D eigenvalue weighted by Crippen LogP contribution is 2.06. The van der Waals surface area contributed by atoms with Crippen molar-refractivity contribution in [3.63, 3.8) is 0 Å². The molecule has 64 valence electrons. The van der Waals surface area contributed by atoms with E-state index in [-0.39, 0.29) is 5.46 Å². The molecule has 0 aliphatic carbocycles. The van der Waals surface area contributed by atoms with Crippen molar-refractivity contribution in [1.29, 1.82) is 0 Å². The normalized spacial score (nSPS) is 10.1. The first kappa shape index (κ1) is 9.22. The van der Waals surface area contributed by atoms with Crippen LogP contribution < -0.4 is 5.46 Å². The van der Waals surface area contributed by atoms with Crippen molar-refractivity contribution < 1.29 is 14.4 Å². The van der Waals surface area contributed by atoms with E-state index in [0.717, 1.165) is 0 Å². The van der Waals surface area contributed by atoms with Gasteiger partial charge in [-0.1, -0.05) is 11.6 Å². The molecule has 0 aromatic heterocycles. The fraction of sp³-hybridized carbons (Fsp3) is 0.250. The third kappa shape index (κ3) is 1.49. The molecule has 0 aliphatic rings. The van der Waals surface area contributed by atoms with Crippen molar-refractivity contribution in [2.45, 2.75) is 13.8 Å². The van der Waals surface area contributed by atoms with E-state index in [2.05, 4.69) is 0 Å². The van der Waals surface area contributed by atoms with Crippen LogP contribution in [-0.4, -0.2) is 17.2 Å². The molecule has 2 nitrogen and oxygen atoms in total. The lowest BCUT2D eigenvalue weighted by molar-refractivity contribution is 0.425. The van der Waals surface area contributed by atoms with E-state index in [1.54, 1.807) is 6.92 Å². The molecule has 1 rings (SSSR count). The van der Waals surface area contributed by atoms with Gasteiger partial charge in [-0.05, 0) is 30.9 Å². The van der Waals surface area contributed by atoms with Gasteiger partial charge in [-0.25, -0.2) is 4.39 Å². The van der Waals surface area contributed by atoms with Crippen LogP contribution in [0.5, 0.6) is 0 Å². The maximum Gasteiger partial charge on any atom is 0.489 e. The lowest BCUT2D eigenvalue weighted by Crippen LogP contribution is -2.35. The van der Waals surface area contributed by atoms with Gasteiger partial charge in [0.2, 0.25) is 0 Å². The van der Waals surface area contributed by atoms with Crippen molar-refractivity contribution in [1.82, 2.24) is 0 Å². The fourth-order valence-electron chi connectivity index (χ4n) is 1.23. The molecule has 1 aromatic rings. The van der Waals surface area contributed by atoms with Crippen LogP contribution in [0.25, 0.3) is 0 Å². The van der Waals surface area contributed by atoms with E-state index < -0.39 is 12.9 Å². The molecule has 0 amide bonds. The molecule has 0 fully saturated rings. The summed E-state index contributed by atoms with van der Waals surface area (Å²) in [6.45, 7) is 3.23. The molecule has 0 radical (unpaired) electrons. The summed E-state index contributed by atoms with van der Waals surface area (Å²) in [5.74, 6) is -0.413. The SMILES string of the molecule is Cc1ccc(F)c(C)c1B(O)O. The van der Waals surface area contributed by atoms with Crippen LogP contribution in [0.2, 0.25) is 0 Å². The topological polar surface area (TPSA) is 40.5 Å². The van der Waals surface area contributed by atoms with Crippen LogP contribution in [0.15, 0.2) is 12.1 Å². The Kier molecular flexibility index (Phi) is 2.50. The Morgan fingerprint density at radius 3 is 2.25 bits per heavy atom. The van der Waals surface area contributed by atoms with Crippen molar-refractivity contribution in [3.8, 4) is 0 Å². The predicted octanol–water partition coefficient (Wildman–Crippen LogP) is 0.122. The molecule has 0 heterocycles. The van der Waals surface area contributed by atoms with Gasteiger partial charge in [0.05, 0.1) is 0 Å². The highest BCUT2D eigenvalue weighted by molar-refractivity contribution is 6.59. The molecular formula is C8H10BFO2. The molecule has 0 bridgehead atoms. The smallest absolute Gasteiger partial charge is 0.423 e. The molecule has 0 unspecified atom stereocenters. The zero-order valence-electron chi connectivity index (χ0n) is 7.00. The van der Waals surface area contributed by atoms with Gasteiger partial charge < -0.3 is 10.0 Å². The summed E-state index contributed by atoms with van der Waals surface area (Å²) in [5.41, 5.74) is 1.24. The van der Waals surface area contributed by atoms with Gasteiger partial charge in [0.25, 0.3) is 0 Å². The fourth-order valence-corrected chi connectivity index (χ4v) is 1.23. The van der Waals surface area contributed by atoms with Gasteiger partial charge >= 0.3 is 7.12 Å². The quantitative estimate of drug-likeness (QED) is 0.584. The number of halogens is 1. The minimum Gasteiger partial charge on any atom is -0.423 e. The summed E-state index contributed by atoms with van der Waals surface area (Å²) in [6, 6.07) is 2.84. The summed E-state index contributed by atoms with van der Waals surface area (Å²) >= 11 is 0. The van der Waals surface area contributed by atoms with Crippen LogP contribution in [0.3, 0.4) is 0 Å². The minimum absolute atomic E-state index is 0.259. The molecule has 2 N–H and O–H groups in total. The maximum absolute atomic E-state index is 12.9. The van der Waals surface area contributed by atoms with Gasteiger partial charge in [-0.15, -0.1) is 0 Å². The molecule has 0 saturated carbocycles. The Morgan fingerprint density at radius 1 is 1.25 bits per heavy atom. The van der Waals surface area contributed by atoms with Gasteiger partial charge in [0.15, 0.2) is 0 Å². The van der Waals surface area contributed by atoms with Crippen LogP contribution in [0, 0.1) is 19.7 Å². The average Bonchev–Trinajstić information content (AvgIpc) is 1.97. The lowest BCUT2D eigenvalue weighted by atomic mass is 9.74. The third-order valence-corrected chi connectivity index (χ3v) is 1.92. The first-order chi connectivity index (χ1) is 5.54. The Morgan fingerprint density at radius 2 is 1.83 bits per heavy atom. The summed E-state index contributed by atoms with van der Waals surface area (Å²) in [5, 5.41) is 17.8. The number of benzene rings is 1. The van der Waals surface area contributed by atoms with Gasteiger partial charge in [-0.3, -0.25) is 0 Å². The van der Waals surface area contributed by atoms with Gasteiger partial charge in [0, 0.05) is 0 Å². The number of hydrogen-bond acceptors (Lipinski definition) is 2. The van der Waals surface area contributed by atoms with E-state index >= 15 is 0 Å². The minimum atomic E-state index is -1.60. The number of hydrogen-bond donors (Lipinski definition) is 2. The largest absolute Gasteiger partial charge is 0.489 e. The maximum atomic E-state index is 12.9. The third-order valence-electron chi connectivity index (χ3n) is 1.92. The standard InChI is InChI=1S/C8H10BFO2/c1-5-3-4-7(10)6(2)8(5)9(11)12/h3-4,11-12H,1-2H3. The van der Waals surface area contributed by atoms with Gasteiger partial charge in [0.1, 0.15) is 5.82 Å². The van der Waals surface area contributed by atoms with Gasteiger partial charge in [-0.2, -0.15) is 0 Å². The second-order valence-electron chi connectivity index (χ2n) is 2.78. The summed E-state index contributed by atoms with van der Waals surface area (Å²) in [7, 11) is -1.60.